The van der Waals surface area contributed by atoms with Crippen LogP contribution >= 0.6 is 0 Å². The average Bonchev–Trinajstić information content (AvgIpc) is 2.85. The Morgan fingerprint density at radius 3 is 2.81 bits per heavy atom. The molecule has 2 atom stereocenters. The second-order valence-corrected chi connectivity index (χ2v) is 5.93. The van der Waals surface area contributed by atoms with Crippen LogP contribution in [0.1, 0.15) is 50.4 Å². The van der Waals surface area contributed by atoms with Crippen molar-refractivity contribution >= 4 is 5.91 Å². The van der Waals surface area contributed by atoms with E-state index in [1.165, 1.54) is 0 Å². The van der Waals surface area contributed by atoms with Gasteiger partial charge in [-0.25, -0.2) is 4.98 Å². The molecule has 0 saturated carbocycles. The molecule has 116 valence electrons. The van der Waals surface area contributed by atoms with Crippen molar-refractivity contribution in [2.45, 2.75) is 58.3 Å². The maximum absolute atomic E-state index is 12.5. The molecule has 5 heteroatoms. The monoisotopic (exact) mass is 292 g/mol. The van der Waals surface area contributed by atoms with Gasteiger partial charge in [0.2, 0.25) is 5.88 Å². The van der Waals surface area contributed by atoms with E-state index in [0.29, 0.717) is 17.9 Å². The van der Waals surface area contributed by atoms with Gasteiger partial charge in [-0.2, -0.15) is 0 Å². The number of carbonyl (C=O) groups excluding carboxylic acids is 1. The predicted octanol–water partition coefficient (Wildman–Crippen LogP) is 2.24. The van der Waals surface area contributed by atoms with Gasteiger partial charge in [0, 0.05) is 24.8 Å². The lowest BCUT2D eigenvalue weighted by molar-refractivity contribution is 0.0681. The molecule has 1 amide bonds. The van der Waals surface area contributed by atoms with E-state index in [0.717, 1.165) is 19.4 Å². The molecule has 0 bridgehead atoms. The number of carbonyl (C=O) groups is 1. The number of aromatic nitrogens is 1. The fourth-order valence-electron chi connectivity index (χ4n) is 2.73. The van der Waals surface area contributed by atoms with Crippen molar-refractivity contribution in [3.63, 3.8) is 0 Å². The lowest BCUT2D eigenvalue weighted by Crippen LogP contribution is -2.37. The van der Waals surface area contributed by atoms with Crippen LogP contribution in [0.4, 0.5) is 0 Å². The SMILES string of the molecule is CC(O)CC1CCCN1C(=O)c1ccc(OC(C)C)nc1. The van der Waals surface area contributed by atoms with E-state index in [2.05, 4.69) is 4.98 Å². The zero-order valence-corrected chi connectivity index (χ0v) is 13.0. The van der Waals surface area contributed by atoms with Crippen LogP contribution < -0.4 is 4.74 Å². The van der Waals surface area contributed by atoms with Crippen LogP contribution in [0.15, 0.2) is 18.3 Å². The van der Waals surface area contributed by atoms with Crippen LogP contribution in [0.25, 0.3) is 0 Å². The number of ether oxygens (including phenoxy) is 1. The van der Waals surface area contributed by atoms with Gasteiger partial charge in [-0.3, -0.25) is 4.79 Å². The van der Waals surface area contributed by atoms with Crippen molar-refractivity contribution in [1.29, 1.82) is 0 Å². The molecule has 5 nitrogen and oxygen atoms in total. The second-order valence-electron chi connectivity index (χ2n) is 5.93. The molecule has 1 saturated heterocycles. The van der Waals surface area contributed by atoms with E-state index in [-0.39, 0.29) is 24.2 Å². The van der Waals surface area contributed by atoms with Gasteiger partial charge in [-0.05, 0) is 46.1 Å². The van der Waals surface area contributed by atoms with E-state index < -0.39 is 0 Å². The molecule has 0 aliphatic carbocycles. The van der Waals surface area contributed by atoms with Crippen LogP contribution in [0.5, 0.6) is 5.88 Å². The van der Waals surface area contributed by atoms with E-state index in [1.54, 1.807) is 25.3 Å². The largest absolute Gasteiger partial charge is 0.475 e. The molecule has 1 N–H and O–H groups in total. The number of aliphatic hydroxyl groups excluding tert-OH is 1. The van der Waals surface area contributed by atoms with Crippen molar-refractivity contribution in [3.05, 3.63) is 23.9 Å². The summed E-state index contributed by atoms with van der Waals surface area (Å²) in [6.45, 7) is 6.39. The lowest BCUT2D eigenvalue weighted by atomic mass is 10.1. The first kappa shape index (κ1) is 15.8. The summed E-state index contributed by atoms with van der Waals surface area (Å²) in [5.74, 6) is 0.519. The Hall–Kier alpha value is -1.62. The summed E-state index contributed by atoms with van der Waals surface area (Å²) in [4.78, 5) is 18.6. The minimum atomic E-state index is -0.386. The zero-order chi connectivity index (χ0) is 15.4. The summed E-state index contributed by atoms with van der Waals surface area (Å²) in [5, 5.41) is 9.54. The summed E-state index contributed by atoms with van der Waals surface area (Å²) in [5.41, 5.74) is 0.573. The van der Waals surface area contributed by atoms with Gasteiger partial charge in [-0.1, -0.05) is 0 Å². The molecule has 0 radical (unpaired) electrons. The summed E-state index contributed by atoms with van der Waals surface area (Å²) < 4.78 is 5.48. The number of amides is 1. The maximum Gasteiger partial charge on any atom is 0.255 e. The third kappa shape index (κ3) is 4.17. The van der Waals surface area contributed by atoms with Crippen molar-refractivity contribution in [3.8, 4) is 5.88 Å². The van der Waals surface area contributed by atoms with Crippen molar-refractivity contribution < 1.29 is 14.6 Å². The molecular weight excluding hydrogens is 268 g/mol. The number of aliphatic hydroxyl groups is 1. The first-order valence-corrected chi connectivity index (χ1v) is 7.59. The zero-order valence-electron chi connectivity index (χ0n) is 13.0. The second kappa shape index (κ2) is 6.89. The Kier molecular flexibility index (Phi) is 5.17. The van der Waals surface area contributed by atoms with Gasteiger partial charge in [-0.15, -0.1) is 0 Å². The number of pyridine rings is 1. The summed E-state index contributed by atoms with van der Waals surface area (Å²) in [6.07, 6.45) is 3.83. The van der Waals surface area contributed by atoms with Crippen molar-refractivity contribution in [2.24, 2.45) is 0 Å². The van der Waals surface area contributed by atoms with Gasteiger partial charge >= 0.3 is 0 Å². The minimum Gasteiger partial charge on any atom is -0.475 e. The van der Waals surface area contributed by atoms with Gasteiger partial charge < -0.3 is 14.7 Å². The molecule has 1 aliphatic heterocycles. The molecule has 2 unspecified atom stereocenters. The van der Waals surface area contributed by atoms with Crippen molar-refractivity contribution in [2.75, 3.05) is 6.54 Å². The fourth-order valence-corrected chi connectivity index (χ4v) is 2.73. The first-order valence-electron chi connectivity index (χ1n) is 7.59. The average molecular weight is 292 g/mol. The molecular formula is C16H24N2O3. The van der Waals surface area contributed by atoms with Gasteiger partial charge in [0.1, 0.15) is 0 Å². The standard InChI is InChI=1S/C16H24N2O3/c1-11(2)21-15-7-6-13(10-17-15)16(20)18-8-4-5-14(18)9-12(3)19/h6-7,10-12,14,19H,4-5,8-9H2,1-3H3. The quantitative estimate of drug-likeness (QED) is 0.904. The van der Waals surface area contributed by atoms with Crippen LogP contribution in [0, 0.1) is 0 Å². The maximum atomic E-state index is 12.5. The van der Waals surface area contributed by atoms with E-state index >= 15 is 0 Å². The number of hydrogen-bond donors (Lipinski definition) is 1. The molecule has 1 fully saturated rings. The number of nitrogens with zero attached hydrogens (tertiary/aromatic N) is 2. The Morgan fingerprint density at radius 2 is 2.24 bits per heavy atom. The predicted molar refractivity (Wildman–Crippen MR) is 80.4 cm³/mol. The van der Waals surface area contributed by atoms with E-state index in [4.69, 9.17) is 4.74 Å². The normalized spacial score (nSPS) is 19.9. The van der Waals surface area contributed by atoms with Gasteiger partial charge in [0.25, 0.3) is 5.91 Å². The molecule has 1 aromatic rings. The molecule has 0 spiro atoms. The summed E-state index contributed by atoms with van der Waals surface area (Å²) in [7, 11) is 0. The summed E-state index contributed by atoms with van der Waals surface area (Å²) in [6, 6.07) is 3.61. The Labute approximate surface area is 125 Å². The third-order valence-corrected chi connectivity index (χ3v) is 3.59. The number of hydrogen-bond acceptors (Lipinski definition) is 4. The van der Waals surface area contributed by atoms with Crippen LogP contribution in [0.3, 0.4) is 0 Å². The molecule has 21 heavy (non-hydrogen) atoms. The highest BCUT2D eigenvalue weighted by Crippen LogP contribution is 2.24. The Balaban J connectivity index is 2.05. The van der Waals surface area contributed by atoms with Crippen LogP contribution in [-0.2, 0) is 0 Å². The molecule has 2 heterocycles. The van der Waals surface area contributed by atoms with Gasteiger partial charge in [0.15, 0.2) is 0 Å². The highest BCUT2D eigenvalue weighted by Gasteiger charge is 2.30. The molecule has 1 aromatic heterocycles. The smallest absolute Gasteiger partial charge is 0.255 e. The van der Waals surface area contributed by atoms with E-state index in [1.807, 2.05) is 18.7 Å². The topological polar surface area (TPSA) is 62.7 Å². The van der Waals surface area contributed by atoms with Crippen LogP contribution in [0.2, 0.25) is 0 Å². The first-order chi connectivity index (χ1) is 9.97. The fraction of sp³-hybridized carbons (Fsp3) is 0.625. The molecule has 1 aliphatic rings. The van der Waals surface area contributed by atoms with Crippen LogP contribution in [-0.4, -0.2) is 45.7 Å². The minimum absolute atomic E-state index is 0.0123. The highest BCUT2D eigenvalue weighted by atomic mass is 16.5. The highest BCUT2D eigenvalue weighted by molar-refractivity contribution is 5.94. The number of likely N-dealkylation sites (tertiary alicyclic amines) is 1. The lowest BCUT2D eigenvalue weighted by Gasteiger charge is -2.25. The molecule has 2 rings (SSSR count). The summed E-state index contributed by atoms with van der Waals surface area (Å²) >= 11 is 0. The third-order valence-electron chi connectivity index (χ3n) is 3.59. The Bertz CT molecular complexity index is 471. The molecule has 0 aromatic carbocycles. The number of rotatable bonds is 5. The Morgan fingerprint density at radius 1 is 1.48 bits per heavy atom. The van der Waals surface area contributed by atoms with Gasteiger partial charge in [0.05, 0.1) is 17.8 Å². The van der Waals surface area contributed by atoms with E-state index in [9.17, 15) is 9.90 Å². The van der Waals surface area contributed by atoms with Crippen molar-refractivity contribution in [1.82, 2.24) is 9.88 Å².